The highest BCUT2D eigenvalue weighted by Crippen LogP contribution is 2.37. The second-order valence-electron chi connectivity index (χ2n) is 17.5. The van der Waals surface area contributed by atoms with E-state index in [0.717, 1.165) is 53.3 Å². The van der Waals surface area contributed by atoms with Gasteiger partial charge in [0.15, 0.2) is 0 Å². The number of rotatable bonds is 9. The summed E-state index contributed by atoms with van der Waals surface area (Å²) in [6, 6.07) is 13.8. The maximum Gasteiger partial charge on any atom is 0.280 e. The number of carbonyl (C=O) groups is 6. The lowest BCUT2D eigenvalue weighted by Crippen LogP contribution is -2.54. The molecule has 1 unspecified atom stereocenters. The fourth-order valence-corrected chi connectivity index (χ4v) is 9.31. The van der Waals surface area contributed by atoms with Crippen molar-refractivity contribution in [2.24, 2.45) is 18.0 Å². The molecule has 3 N–H and O–H groups in total. The third-order valence-electron chi connectivity index (χ3n) is 12.7. The average molecular weight is 884 g/mol. The number of nitrogens with zero attached hydrogens (tertiary/aromatic N) is 8. The van der Waals surface area contributed by atoms with Crippen LogP contribution in [0.4, 0.5) is 17.1 Å². The summed E-state index contributed by atoms with van der Waals surface area (Å²) in [7, 11) is 1.83. The molecule has 2 atom stereocenters. The molecular weight excluding hydrogens is 831 g/mol. The quantitative estimate of drug-likeness (QED) is 0.158. The van der Waals surface area contributed by atoms with Crippen molar-refractivity contribution in [1.29, 1.82) is 0 Å². The first-order valence-electron chi connectivity index (χ1n) is 22.4. The highest BCUT2D eigenvalue weighted by molar-refractivity contribution is 6.25. The number of piperidine rings is 1. The van der Waals surface area contributed by atoms with Crippen molar-refractivity contribution in [3.8, 4) is 17.1 Å². The van der Waals surface area contributed by atoms with E-state index in [4.69, 9.17) is 9.72 Å². The fourth-order valence-electron chi connectivity index (χ4n) is 9.31. The van der Waals surface area contributed by atoms with Crippen LogP contribution in [-0.2, 0) is 28.0 Å². The van der Waals surface area contributed by atoms with Crippen molar-refractivity contribution in [3.05, 3.63) is 82.7 Å². The van der Waals surface area contributed by atoms with E-state index in [2.05, 4.69) is 54.9 Å². The van der Waals surface area contributed by atoms with Crippen LogP contribution in [0.3, 0.4) is 0 Å². The molecule has 2 aromatic heterocycles. The minimum atomic E-state index is -1.03. The van der Waals surface area contributed by atoms with Gasteiger partial charge in [-0.3, -0.25) is 48.9 Å². The first kappa shape index (κ1) is 43.3. The highest BCUT2D eigenvalue weighted by atomic mass is 16.5. The summed E-state index contributed by atoms with van der Waals surface area (Å²) in [5.74, 6) is -1.06. The van der Waals surface area contributed by atoms with E-state index in [0.29, 0.717) is 93.1 Å². The number of aromatic nitrogens is 3. The monoisotopic (exact) mass is 883 g/mol. The van der Waals surface area contributed by atoms with Gasteiger partial charge in [-0.2, -0.15) is 10.1 Å². The van der Waals surface area contributed by atoms with Crippen LogP contribution in [0.25, 0.3) is 11.3 Å². The number of carbonyl (C=O) groups excluding carboxylic acids is 6. The Balaban J connectivity index is 0.778. The zero-order valence-electron chi connectivity index (χ0n) is 36.9. The van der Waals surface area contributed by atoms with E-state index in [1.54, 1.807) is 41.2 Å². The summed E-state index contributed by atoms with van der Waals surface area (Å²) in [5.41, 5.74) is 6.39. The predicted molar refractivity (Wildman–Crippen MR) is 242 cm³/mol. The van der Waals surface area contributed by atoms with Crippen LogP contribution in [0, 0.1) is 12.8 Å². The van der Waals surface area contributed by atoms with Crippen molar-refractivity contribution in [1.82, 2.24) is 34.8 Å². The van der Waals surface area contributed by atoms with Crippen molar-refractivity contribution >= 4 is 58.5 Å². The Morgan fingerprint density at radius 3 is 2.58 bits per heavy atom. The lowest BCUT2D eigenvalue weighted by atomic mass is 10.0. The minimum Gasteiger partial charge on any atom is -0.477 e. The van der Waals surface area contributed by atoms with Crippen molar-refractivity contribution in [3.63, 3.8) is 0 Å². The van der Waals surface area contributed by atoms with E-state index in [1.807, 2.05) is 24.9 Å². The number of unbranched alkanes of at least 4 members (excludes halogenated alkanes) is 1. The van der Waals surface area contributed by atoms with E-state index >= 15 is 0 Å². The van der Waals surface area contributed by atoms with E-state index in [9.17, 15) is 28.8 Å². The Hall–Kier alpha value is -6.95. The number of aryl methyl sites for hydroxylation is 2. The second-order valence-corrected chi connectivity index (χ2v) is 17.5. The number of nitrogens with one attached hydrogen (secondary N) is 3. The summed E-state index contributed by atoms with van der Waals surface area (Å²) >= 11 is 0. The molecule has 4 aromatic rings. The summed E-state index contributed by atoms with van der Waals surface area (Å²) in [4.78, 5) is 94.5. The molecule has 338 valence electrons. The van der Waals surface area contributed by atoms with Gasteiger partial charge in [0.05, 0.1) is 46.6 Å². The standard InChI is InChI=1S/C47H53N11O7/c1-28-8-7-21-65-46-33(25-49-54(46)3)36-24-31(22-29(2)50-36)42(61)53-47-51-34-13-12-30(23-38(34)57(47)26-28)27-55-17-19-56(20-18-55)40(60)11-4-5-16-48-35-10-6-9-32-41(35)45(64)58(44(32)63)37-14-15-39(59)52-43(37)62/h6,9-10,12-13,22-25,28,37,48H,4-5,7-8,11,14-21,26-27H2,1-3H3,(H,51,53,61)(H,52,59,62)/t28-,37?/m1/s1. The third kappa shape index (κ3) is 8.94. The summed E-state index contributed by atoms with van der Waals surface area (Å²) in [5, 5.41) is 13.3. The lowest BCUT2D eigenvalue weighted by Gasteiger charge is -2.35. The SMILES string of the molecule is Cc1cc2cc(n1)-c1cnn(C)c1OCCC[C@@H](C)CN1/C(=N/C2=O)Nc2ccc(CN3CCN(C(=O)CCCCNc4cccc5c4C(=O)N(C4CCC(=O)NC4=O)C5=O)CC3)cc21. The number of guanidine groups is 1. The normalized spacial score (nSPS) is 20.9. The number of benzene rings is 2. The largest absolute Gasteiger partial charge is 0.477 e. The summed E-state index contributed by atoms with van der Waals surface area (Å²) < 4.78 is 7.93. The van der Waals surface area contributed by atoms with Crippen molar-refractivity contribution < 1.29 is 33.5 Å². The Kier molecular flexibility index (Phi) is 12.2. The molecule has 0 aliphatic carbocycles. The van der Waals surface area contributed by atoms with Gasteiger partial charge in [0, 0.05) is 82.6 Å². The summed E-state index contributed by atoms with van der Waals surface area (Å²) in [6.45, 7) is 9.17. The highest BCUT2D eigenvalue weighted by Gasteiger charge is 2.45. The van der Waals surface area contributed by atoms with Crippen molar-refractivity contribution in [2.75, 3.05) is 61.4 Å². The smallest absolute Gasteiger partial charge is 0.280 e. The van der Waals surface area contributed by atoms with Gasteiger partial charge in [-0.15, -0.1) is 0 Å². The van der Waals surface area contributed by atoms with Crippen LogP contribution in [0.2, 0.25) is 0 Å². The molecule has 9 rings (SSSR count). The van der Waals surface area contributed by atoms with Gasteiger partial charge in [0.2, 0.25) is 29.6 Å². The van der Waals surface area contributed by atoms with E-state index in [1.165, 1.54) is 0 Å². The van der Waals surface area contributed by atoms with E-state index in [-0.39, 0.29) is 41.7 Å². The molecule has 7 heterocycles. The Labute approximate surface area is 376 Å². The minimum absolute atomic E-state index is 0.0565. The fraction of sp³-hybridized carbons (Fsp3) is 0.426. The molecule has 2 bridgehead atoms. The molecule has 0 spiro atoms. The molecule has 5 aliphatic heterocycles. The molecule has 18 nitrogen and oxygen atoms in total. The number of hydrogen-bond acceptors (Lipinski definition) is 13. The van der Waals surface area contributed by atoms with Crippen LogP contribution in [0.15, 0.2) is 59.7 Å². The zero-order chi connectivity index (χ0) is 45.4. The Morgan fingerprint density at radius 1 is 0.938 bits per heavy atom. The number of piperazine rings is 1. The van der Waals surface area contributed by atoms with Crippen LogP contribution in [-0.4, -0.2) is 123 Å². The average Bonchev–Trinajstić information content (AvgIpc) is 3.91. The molecule has 6 amide bonds. The molecule has 0 radical (unpaired) electrons. The maximum atomic E-state index is 13.8. The van der Waals surface area contributed by atoms with Gasteiger partial charge >= 0.3 is 0 Å². The molecule has 65 heavy (non-hydrogen) atoms. The number of anilines is 3. The summed E-state index contributed by atoms with van der Waals surface area (Å²) in [6.07, 6.45) is 5.32. The number of imide groups is 2. The number of amides is 6. The molecule has 2 aromatic carbocycles. The molecule has 2 fully saturated rings. The second kappa shape index (κ2) is 18.3. The molecule has 18 heteroatoms. The third-order valence-corrected chi connectivity index (χ3v) is 12.7. The first-order valence-corrected chi connectivity index (χ1v) is 22.4. The molecular formula is C47H53N11O7. The van der Waals surface area contributed by atoms with Crippen LogP contribution < -0.4 is 25.6 Å². The van der Waals surface area contributed by atoms with Crippen LogP contribution in [0.5, 0.6) is 5.88 Å². The molecule has 5 aliphatic rings. The number of aliphatic imine (C=N–C) groups is 1. The number of fused-ring (bicyclic) bond motifs is 8. The lowest BCUT2D eigenvalue weighted by molar-refractivity contribution is -0.136. The molecule has 0 saturated carbocycles. The van der Waals surface area contributed by atoms with Gasteiger partial charge < -0.3 is 25.2 Å². The number of hydrogen-bond donors (Lipinski definition) is 3. The Bertz CT molecular complexity index is 2620. The maximum absolute atomic E-state index is 13.8. The van der Waals surface area contributed by atoms with Gasteiger partial charge in [-0.25, -0.2) is 4.68 Å². The van der Waals surface area contributed by atoms with Crippen LogP contribution in [0.1, 0.15) is 94.2 Å². The van der Waals surface area contributed by atoms with Gasteiger partial charge in [-0.1, -0.05) is 19.1 Å². The number of pyridine rings is 1. The van der Waals surface area contributed by atoms with Crippen LogP contribution >= 0.6 is 0 Å². The van der Waals surface area contributed by atoms with Gasteiger partial charge in [0.1, 0.15) is 6.04 Å². The van der Waals surface area contributed by atoms with E-state index < -0.39 is 29.7 Å². The predicted octanol–water partition coefficient (Wildman–Crippen LogP) is 4.36. The van der Waals surface area contributed by atoms with Gasteiger partial charge in [-0.05, 0) is 86.9 Å². The zero-order valence-corrected chi connectivity index (χ0v) is 36.9. The topological polar surface area (TPSA) is 204 Å². The first-order chi connectivity index (χ1) is 31.4. The van der Waals surface area contributed by atoms with Crippen molar-refractivity contribution in [2.45, 2.75) is 71.4 Å². The van der Waals surface area contributed by atoms with Gasteiger partial charge in [0.25, 0.3) is 17.7 Å². The Morgan fingerprint density at radius 2 is 1.77 bits per heavy atom. The molecule has 2 saturated heterocycles. The number of ether oxygens (including phenoxy) is 1.